The number of nitrogens with zero attached hydrogens (tertiary/aromatic N) is 2. The van der Waals surface area contributed by atoms with Crippen molar-refractivity contribution >= 4 is 34.7 Å². The van der Waals surface area contributed by atoms with Crippen molar-refractivity contribution in [1.29, 1.82) is 0 Å². The lowest BCUT2D eigenvalue weighted by molar-refractivity contribution is -0.385. The van der Waals surface area contributed by atoms with Gasteiger partial charge in [0.05, 0.1) is 16.2 Å². The summed E-state index contributed by atoms with van der Waals surface area (Å²) in [6.07, 6.45) is 0. The molecular formula is C17H13N3O5. The summed E-state index contributed by atoms with van der Waals surface area (Å²) in [4.78, 5) is 47.7. The minimum absolute atomic E-state index is 0.115. The molecule has 0 fully saturated rings. The van der Waals surface area contributed by atoms with Crippen LogP contribution in [0.2, 0.25) is 0 Å². The number of ketones is 1. The van der Waals surface area contributed by atoms with Crippen molar-refractivity contribution in [3.63, 3.8) is 0 Å². The molecule has 0 bridgehead atoms. The van der Waals surface area contributed by atoms with Gasteiger partial charge in [0.2, 0.25) is 5.91 Å². The van der Waals surface area contributed by atoms with Crippen molar-refractivity contribution in [2.75, 3.05) is 16.8 Å². The molecule has 25 heavy (non-hydrogen) atoms. The van der Waals surface area contributed by atoms with E-state index >= 15 is 0 Å². The Morgan fingerprint density at radius 1 is 1.20 bits per heavy atom. The molecule has 1 aliphatic heterocycles. The third kappa shape index (κ3) is 2.97. The molecule has 8 heteroatoms. The molecule has 126 valence electrons. The number of amides is 2. The van der Waals surface area contributed by atoms with Crippen LogP contribution in [0.5, 0.6) is 0 Å². The minimum atomic E-state index is -0.772. The molecule has 2 aromatic rings. The number of Topliss-reactive ketones (excluding diaryl/α,β-unsaturated/α-hetero) is 1. The van der Waals surface area contributed by atoms with Crippen LogP contribution in [-0.4, -0.2) is 29.1 Å². The fraction of sp³-hybridized carbons (Fsp3) is 0.118. The second-order valence-electron chi connectivity index (χ2n) is 5.54. The summed E-state index contributed by atoms with van der Waals surface area (Å²) >= 11 is 0. The Balaban J connectivity index is 1.78. The number of hydrogen-bond acceptors (Lipinski definition) is 5. The fourth-order valence-corrected chi connectivity index (χ4v) is 2.63. The van der Waals surface area contributed by atoms with Gasteiger partial charge in [-0.1, -0.05) is 18.2 Å². The monoisotopic (exact) mass is 339 g/mol. The molecule has 0 radical (unpaired) electrons. The largest absolute Gasteiger partial charge is 0.324 e. The first-order chi connectivity index (χ1) is 11.9. The number of anilines is 2. The minimum Gasteiger partial charge on any atom is -0.324 e. The van der Waals surface area contributed by atoms with Gasteiger partial charge in [-0.15, -0.1) is 0 Å². The van der Waals surface area contributed by atoms with Gasteiger partial charge in [0.1, 0.15) is 6.54 Å². The molecule has 2 amide bonds. The van der Waals surface area contributed by atoms with Crippen molar-refractivity contribution in [2.45, 2.75) is 6.92 Å². The van der Waals surface area contributed by atoms with Gasteiger partial charge >= 0.3 is 0 Å². The average molecular weight is 339 g/mol. The number of fused-ring (bicyclic) bond motifs is 1. The lowest BCUT2D eigenvalue weighted by atomic mass is 10.1. The highest BCUT2D eigenvalue weighted by Gasteiger charge is 2.36. The Morgan fingerprint density at radius 2 is 1.92 bits per heavy atom. The third-order valence-corrected chi connectivity index (χ3v) is 3.87. The number of nitrogens with one attached hydrogen (secondary N) is 1. The molecule has 8 nitrogen and oxygen atoms in total. The molecule has 0 atom stereocenters. The molecule has 0 spiro atoms. The number of carbonyl (C=O) groups excluding carboxylic acids is 3. The van der Waals surface area contributed by atoms with E-state index in [4.69, 9.17) is 0 Å². The van der Waals surface area contributed by atoms with E-state index in [0.717, 1.165) is 4.90 Å². The molecule has 0 saturated carbocycles. The highest BCUT2D eigenvalue weighted by atomic mass is 16.6. The van der Waals surface area contributed by atoms with Crippen LogP contribution < -0.4 is 10.2 Å². The summed E-state index contributed by atoms with van der Waals surface area (Å²) in [5.41, 5.74) is 1.23. The molecule has 1 N–H and O–H groups in total. The van der Waals surface area contributed by atoms with Crippen LogP contribution in [0.4, 0.5) is 17.1 Å². The van der Waals surface area contributed by atoms with E-state index in [9.17, 15) is 24.5 Å². The highest BCUT2D eigenvalue weighted by Crippen LogP contribution is 2.28. The molecule has 0 unspecified atom stereocenters. The summed E-state index contributed by atoms with van der Waals surface area (Å²) in [5.74, 6) is -1.99. The molecular weight excluding hydrogens is 326 g/mol. The predicted octanol–water partition coefficient (Wildman–Crippen LogP) is 2.07. The number of carbonyl (C=O) groups is 3. The van der Waals surface area contributed by atoms with Gasteiger partial charge in [-0.05, 0) is 25.1 Å². The quantitative estimate of drug-likeness (QED) is 0.521. The van der Waals surface area contributed by atoms with Crippen molar-refractivity contribution in [3.05, 3.63) is 63.7 Å². The Morgan fingerprint density at radius 3 is 2.64 bits per heavy atom. The predicted molar refractivity (Wildman–Crippen MR) is 89.6 cm³/mol. The fourth-order valence-electron chi connectivity index (χ4n) is 2.63. The number of para-hydroxylation sites is 1. The zero-order valence-electron chi connectivity index (χ0n) is 13.2. The lowest BCUT2D eigenvalue weighted by Crippen LogP contribution is -2.37. The van der Waals surface area contributed by atoms with E-state index in [1.54, 1.807) is 25.1 Å². The Bertz CT molecular complexity index is 922. The summed E-state index contributed by atoms with van der Waals surface area (Å²) in [6, 6.07) is 10.7. The average Bonchev–Trinajstić information content (AvgIpc) is 2.82. The van der Waals surface area contributed by atoms with Gasteiger partial charge in [-0.25, -0.2) is 0 Å². The Labute approximate surface area is 142 Å². The van der Waals surface area contributed by atoms with Crippen molar-refractivity contribution in [3.8, 4) is 0 Å². The van der Waals surface area contributed by atoms with E-state index in [0.29, 0.717) is 11.3 Å². The van der Waals surface area contributed by atoms with E-state index in [1.165, 1.54) is 24.3 Å². The van der Waals surface area contributed by atoms with E-state index < -0.39 is 22.5 Å². The summed E-state index contributed by atoms with van der Waals surface area (Å²) < 4.78 is 0. The number of aryl methyl sites for hydroxylation is 1. The Kier molecular flexibility index (Phi) is 4.02. The topological polar surface area (TPSA) is 110 Å². The molecule has 0 aromatic heterocycles. The first kappa shape index (κ1) is 16.3. The van der Waals surface area contributed by atoms with Gasteiger partial charge < -0.3 is 5.32 Å². The maximum atomic E-state index is 12.2. The number of hydrogen-bond donors (Lipinski definition) is 1. The van der Waals surface area contributed by atoms with Crippen LogP contribution in [0.15, 0.2) is 42.5 Å². The molecule has 2 aromatic carbocycles. The van der Waals surface area contributed by atoms with E-state index in [1.807, 2.05) is 0 Å². The van der Waals surface area contributed by atoms with Crippen molar-refractivity contribution in [1.82, 2.24) is 0 Å². The molecule has 1 heterocycles. The summed E-state index contributed by atoms with van der Waals surface area (Å²) in [7, 11) is 0. The van der Waals surface area contributed by atoms with Gasteiger partial charge in [0.25, 0.3) is 17.4 Å². The van der Waals surface area contributed by atoms with Crippen LogP contribution in [0.1, 0.15) is 15.9 Å². The zero-order chi connectivity index (χ0) is 18.1. The van der Waals surface area contributed by atoms with Crippen molar-refractivity contribution in [2.24, 2.45) is 0 Å². The maximum Gasteiger partial charge on any atom is 0.299 e. The standard InChI is InChI=1S/C17H13N3O5/c1-10-6-7-11(8-14(10)20(24)25)18-15(21)9-19-13-5-3-2-4-12(13)16(22)17(19)23/h2-8H,9H2,1H3,(H,18,21). The molecule has 0 aliphatic carbocycles. The van der Waals surface area contributed by atoms with Crippen LogP contribution in [0, 0.1) is 17.0 Å². The number of rotatable bonds is 4. The second kappa shape index (κ2) is 6.16. The highest BCUT2D eigenvalue weighted by molar-refractivity contribution is 6.52. The van der Waals surface area contributed by atoms with Crippen LogP contribution in [0.3, 0.4) is 0 Å². The summed E-state index contributed by atoms with van der Waals surface area (Å²) in [5, 5.41) is 13.5. The van der Waals surface area contributed by atoms with E-state index in [2.05, 4.69) is 5.32 Å². The lowest BCUT2D eigenvalue weighted by Gasteiger charge is -2.16. The first-order valence-corrected chi connectivity index (χ1v) is 7.38. The number of nitro groups is 1. The Hall–Kier alpha value is -3.55. The zero-order valence-corrected chi connectivity index (χ0v) is 13.2. The van der Waals surface area contributed by atoms with Crippen LogP contribution in [0.25, 0.3) is 0 Å². The van der Waals surface area contributed by atoms with Gasteiger partial charge in [0.15, 0.2) is 0 Å². The van der Waals surface area contributed by atoms with Crippen LogP contribution in [-0.2, 0) is 9.59 Å². The van der Waals surface area contributed by atoms with Gasteiger partial charge in [-0.3, -0.25) is 29.4 Å². The summed E-state index contributed by atoms with van der Waals surface area (Å²) in [6.45, 7) is 1.23. The SMILES string of the molecule is Cc1ccc(NC(=O)CN2C(=O)C(=O)c3ccccc32)cc1[N+](=O)[O-]. The normalized spacial score (nSPS) is 12.9. The maximum absolute atomic E-state index is 12.2. The van der Waals surface area contributed by atoms with Gasteiger partial charge in [-0.2, -0.15) is 0 Å². The van der Waals surface area contributed by atoms with Crippen molar-refractivity contribution < 1.29 is 19.3 Å². The number of benzene rings is 2. The van der Waals surface area contributed by atoms with Crippen LogP contribution >= 0.6 is 0 Å². The smallest absolute Gasteiger partial charge is 0.299 e. The molecule has 1 aliphatic rings. The van der Waals surface area contributed by atoms with E-state index in [-0.39, 0.29) is 23.5 Å². The first-order valence-electron chi connectivity index (χ1n) is 7.38. The second-order valence-corrected chi connectivity index (χ2v) is 5.54. The molecule has 0 saturated heterocycles. The third-order valence-electron chi connectivity index (χ3n) is 3.87. The van der Waals surface area contributed by atoms with Gasteiger partial charge in [0, 0.05) is 17.3 Å². The molecule has 3 rings (SSSR count). The number of nitro benzene ring substituents is 1.